The smallest absolute Gasteiger partial charge is 0.288 e. The van der Waals surface area contributed by atoms with Crippen molar-refractivity contribution in [2.24, 2.45) is 5.18 Å². The second-order valence-electron chi connectivity index (χ2n) is 4.57. The van der Waals surface area contributed by atoms with E-state index in [2.05, 4.69) is 15.5 Å². The zero-order valence-electron chi connectivity index (χ0n) is 12.4. The van der Waals surface area contributed by atoms with E-state index in [-0.39, 0.29) is 5.56 Å². The van der Waals surface area contributed by atoms with Crippen LogP contribution < -0.4 is 5.32 Å². The number of aromatic nitrogens is 1. The van der Waals surface area contributed by atoms with Gasteiger partial charge < -0.3 is 0 Å². The summed E-state index contributed by atoms with van der Waals surface area (Å²) < 4.78 is 0. The highest BCUT2D eigenvalue weighted by Gasteiger charge is 2.33. The van der Waals surface area contributed by atoms with Gasteiger partial charge in [0.1, 0.15) is 0 Å². The average Bonchev–Trinajstić information content (AvgIpc) is 2.55. The molecule has 1 N–H and O–H groups in total. The van der Waals surface area contributed by atoms with Gasteiger partial charge in [0.25, 0.3) is 5.91 Å². The predicted octanol–water partition coefficient (Wildman–Crippen LogP) is 2.30. The molecule has 2 atom stereocenters. The Morgan fingerprint density at radius 2 is 2.18 bits per heavy atom. The van der Waals surface area contributed by atoms with Gasteiger partial charge in [0.15, 0.2) is 6.04 Å². The summed E-state index contributed by atoms with van der Waals surface area (Å²) >= 11 is 0. The van der Waals surface area contributed by atoms with Crippen LogP contribution in [0.4, 0.5) is 0 Å². The Bertz CT molecular complexity index is 553. The molecule has 0 aliphatic rings. The molecule has 0 aliphatic heterocycles. The molecule has 0 saturated carbocycles. The van der Waals surface area contributed by atoms with Gasteiger partial charge in [-0.25, -0.2) is 0 Å². The van der Waals surface area contributed by atoms with Crippen LogP contribution in [-0.4, -0.2) is 28.0 Å². The van der Waals surface area contributed by atoms with Crippen LogP contribution in [0.3, 0.4) is 0 Å². The number of pyridine rings is 1. The summed E-state index contributed by atoms with van der Waals surface area (Å²) in [6.07, 6.45) is 3.92. The lowest BCUT2D eigenvalue weighted by atomic mass is 10.1. The van der Waals surface area contributed by atoms with Crippen LogP contribution in [0.25, 0.3) is 0 Å². The van der Waals surface area contributed by atoms with Crippen molar-refractivity contribution in [1.82, 2.24) is 10.3 Å². The molecule has 0 radical (unpaired) electrons. The first-order valence-corrected chi connectivity index (χ1v) is 6.89. The molecule has 0 fully saturated rings. The predicted molar refractivity (Wildman–Crippen MR) is 80.7 cm³/mol. The topological polar surface area (TPSA) is 115 Å². The summed E-state index contributed by atoms with van der Waals surface area (Å²) in [6.45, 7) is 3.76. The number of nitrogens with zero attached hydrogens (tertiary/aromatic N) is 3. The first-order valence-electron chi connectivity index (χ1n) is 6.89. The fourth-order valence-corrected chi connectivity index (χ4v) is 1.88. The number of rotatable bonds is 8. The van der Waals surface area contributed by atoms with Crippen molar-refractivity contribution >= 4 is 5.91 Å². The molecule has 0 bridgehead atoms. The SMILES string of the molecule is CCC(=CC(N=O)C(NC(=O)c1cccnc1)[N+](=O)[O-])CC. The van der Waals surface area contributed by atoms with Gasteiger partial charge >= 0.3 is 6.17 Å². The van der Waals surface area contributed by atoms with Crippen LogP contribution in [0.15, 0.2) is 41.4 Å². The highest BCUT2D eigenvalue weighted by atomic mass is 16.6. The lowest BCUT2D eigenvalue weighted by molar-refractivity contribution is -0.527. The van der Waals surface area contributed by atoms with Gasteiger partial charge in [-0.05, 0) is 31.1 Å². The fraction of sp³-hybridized carbons (Fsp3) is 0.429. The van der Waals surface area contributed by atoms with E-state index >= 15 is 0 Å². The number of allylic oxidation sites excluding steroid dienone is 1. The molecule has 0 saturated heterocycles. The van der Waals surface area contributed by atoms with Crippen molar-refractivity contribution in [2.45, 2.75) is 38.9 Å². The summed E-state index contributed by atoms with van der Waals surface area (Å²) in [5.41, 5.74) is 1.04. The highest BCUT2D eigenvalue weighted by Crippen LogP contribution is 2.12. The van der Waals surface area contributed by atoms with E-state index in [9.17, 15) is 19.8 Å². The average molecular weight is 306 g/mol. The minimum Gasteiger partial charge on any atom is -0.288 e. The third-order valence-corrected chi connectivity index (χ3v) is 3.19. The molecule has 1 aromatic heterocycles. The van der Waals surface area contributed by atoms with E-state index < -0.39 is 23.0 Å². The molecule has 118 valence electrons. The van der Waals surface area contributed by atoms with Crippen molar-refractivity contribution < 1.29 is 9.72 Å². The van der Waals surface area contributed by atoms with Crippen LogP contribution in [0, 0.1) is 15.0 Å². The zero-order chi connectivity index (χ0) is 16.5. The monoisotopic (exact) mass is 306 g/mol. The van der Waals surface area contributed by atoms with Gasteiger partial charge in [0.05, 0.1) is 5.56 Å². The molecule has 2 unspecified atom stereocenters. The molecular weight excluding hydrogens is 288 g/mol. The Morgan fingerprint density at radius 3 is 2.64 bits per heavy atom. The number of nitro groups is 1. The summed E-state index contributed by atoms with van der Waals surface area (Å²) in [6, 6.07) is 1.75. The van der Waals surface area contributed by atoms with Crippen molar-refractivity contribution in [3.63, 3.8) is 0 Å². The molecule has 22 heavy (non-hydrogen) atoms. The Labute approximate surface area is 127 Å². The Hall–Kier alpha value is -2.64. The van der Waals surface area contributed by atoms with E-state index in [0.29, 0.717) is 12.8 Å². The van der Waals surface area contributed by atoms with Crippen LogP contribution in [-0.2, 0) is 0 Å². The van der Waals surface area contributed by atoms with Crippen LogP contribution in [0.5, 0.6) is 0 Å². The molecular formula is C14H18N4O4. The number of hydrogen-bond donors (Lipinski definition) is 1. The maximum absolute atomic E-state index is 12.0. The second-order valence-corrected chi connectivity index (χ2v) is 4.57. The van der Waals surface area contributed by atoms with Crippen molar-refractivity contribution in [3.05, 3.63) is 56.8 Å². The molecule has 0 aromatic carbocycles. The molecule has 1 amide bonds. The van der Waals surface area contributed by atoms with Crippen molar-refractivity contribution in [3.8, 4) is 0 Å². The fourth-order valence-electron chi connectivity index (χ4n) is 1.88. The van der Waals surface area contributed by atoms with Crippen molar-refractivity contribution in [1.29, 1.82) is 0 Å². The van der Waals surface area contributed by atoms with E-state index in [1.54, 1.807) is 0 Å². The van der Waals surface area contributed by atoms with Gasteiger partial charge in [-0.15, -0.1) is 4.91 Å². The van der Waals surface area contributed by atoms with Crippen LogP contribution in [0.1, 0.15) is 37.0 Å². The highest BCUT2D eigenvalue weighted by molar-refractivity contribution is 5.93. The van der Waals surface area contributed by atoms with Crippen LogP contribution in [0.2, 0.25) is 0 Å². The third-order valence-electron chi connectivity index (χ3n) is 3.19. The number of carbonyl (C=O) groups is 1. The van der Waals surface area contributed by atoms with Gasteiger partial charge in [0, 0.05) is 17.3 Å². The lowest BCUT2D eigenvalue weighted by Gasteiger charge is -2.14. The van der Waals surface area contributed by atoms with E-state index in [1.807, 2.05) is 13.8 Å². The lowest BCUT2D eigenvalue weighted by Crippen LogP contribution is -2.47. The third kappa shape index (κ3) is 4.72. The second kappa shape index (κ2) is 8.60. The molecule has 0 spiro atoms. The Morgan fingerprint density at radius 1 is 1.50 bits per heavy atom. The first-order chi connectivity index (χ1) is 10.5. The maximum Gasteiger partial charge on any atom is 0.316 e. The summed E-state index contributed by atoms with van der Waals surface area (Å²) in [7, 11) is 0. The van der Waals surface area contributed by atoms with Gasteiger partial charge in [-0.1, -0.05) is 24.6 Å². The molecule has 1 rings (SSSR count). The molecule has 8 heteroatoms. The molecule has 8 nitrogen and oxygen atoms in total. The number of nitroso groups, excluding NO2 is 1. The largest absolute Gasteiger partial charge is 0.316 e. The van der Waals surface area contributed by atoms with Gasteiger partial charge in [0.2, 0.25) is 0 Å². The normalized spacial score (nSPS) is 12.8. The quantitative estimate of drug-likeness (QED) is 0.260. The Balaban J connectivity index is 2.97. The number of amides is 1. The number of hydrogen-bond acceptors (Lipinski definition) is 6. The summed E-state index contributed by atoms with van der Waals surface area (Å²) in [5, 5.41) is 16.2. The van der Waals surface area contributed by atoms with Crippen molar-refractivity contribution in [2.75, 3.05) is 0 Å². The summed E-state index contributed by atoms with van der Waals surface area (Å²) in [5.74, 6) is -0.675. The summed E-state index contributed by atoms with van der Waals surface area (Å²) in [4.78, 5) is 37.2. The standard InChI is InChI=1S/C14H18N4O4/c1-3-10(4-2)8-12(17-20)13(18(21)22)16-14(19)11-6-5-7-15-9-11/h5-9,12-13H,3-4H2,1-2H3,(H,16,19). The number of nitrogens with one attached hydrogen (secondary N) is 1. The number of carbonyl (C=O) groups excluding carboxylic acids is 1. The zero-order valence-corrected chi connectivity index (χ0v) is 12.4. The van der Waals surface area contributed by atoms with Crippen LogP contribution >= 0.6 is 0 Å². The van der Waals surface area contributed by atoms with Gasteiger partial charge in [-0.3, -0.25) is 25.2 Å². The maximum atomic E-state index is 12.0. The van der Waals surface area contributed by atoms with E-state index in [1.165, 1.54) is 30.6 Å². The molecule has 1 heterocycles. The first kappa shape index (κ1) is 17.4. The van der Waals surface area contributed by atoms with E-state index in [0.717, 1.165) is 5.57 Å². The minimum atomic E-state index is -1.61. The minimum absolute atomic E-state index is 0.175. The molecule has 0 aliphatic carbocycles. The van der Waals surface area contributed by atoms with E-state index in [4.69, 9.17) is 0 Å². The van der Waals surface area contributed by atoms with Gasteiger partial charge in [-0.2, -0.15) is 0 Å². The Kier molecular flexibility index (Phi) is 6.81. The molecule has 1 aromatic rings.